The molecule has 154 valence electrons. The van der Waals surface area contributed by atoms with Crippen LogP contribution in [0.25, 0.3) is 20.8 Å². The van der Waals surface area contributed by atoms with Crippen molar-refractivity contribution in [2.24, 2.45) is 0 Å². The maximum absolute atomic E-state index is 12.4. The van der Waals surface area contributed by atoms with Gasteiger partial charge in [0.1, 0.15) is 17.4 Å². The molecular weight excluding hydrogens is 428 g/mol. The number of ether oxygens (including phenoxy) is 3. The summed E-state index contributed by atoms with van der Waals surface area (Å²) in [5.74, 6) is -1.32. The number of anilines is 1. The Bertz CT molecular complexity index is 1140. The Morgan fingerprint density at radius 3 is 2.60 bits per heavy atom. The maximum atomic E-state index is 12.4. The molecular formula is C21H17ClN2O5S. The Hall–Kier alpha value is -2.94. The minimum Gasteiger partial charge on any atom is -0.466 e. The molecule has 30 heavy (non-hydrogen) atoms. The average molecular weight is 445 g/mol. The summed E-state index contributed by atoms with van der Waals surface area (Å²) in [5, 5.41) is 1.25. The zero-order chi connectivity index (χ0) is 21.3. The van der Waals surface area contributed by atoms with Crippen LogP contribution >= 0.6 is 22.9 Å². The van der Waals surface area contributed by atoms with Crippen molar-refractivity contribution in [1.82, 2.24) is 4.98 Å². The number of rotatable bonds is 4. The van der Waals surface area contributed by atoms with Gasteiger partial charge in [-0.1, -0.05) is 23.7 Å². The highest BCUT2D eigenvalue weighted by Gasteiger charge is 2.32. The number of carbonyl (C=O) groups is 2. The number of para-hydroxylation sites is 1. The van der Waals surface area contributed by atoms with Gasteiger partial charge < -0.3 is 19.1 Å². The van der Waals surface area contributed by atoms with Gasteiger partial charge in [0, 0.05) is 11.3 Å². The molecule has 9 heteroatoms. The Morgan fingerprint density at radius 1 is 1.13 bits per heavy atom. The van der Waals surface area contributed by atoms with Crippen LogP contribution in [-0.4, -0.2) is 44.5 Å². The van der Waals surface area contributed by atoms with E-state index in [0.29, 0.717) is 10.7 Å². The van der Waals surface area contributed by atoms with Gasteiger partial charge >= 0.3 is 11.9 Å². The highest BCUT2D eigenvalue weighted by Crippen LogP contribution is 2.37. The first kappa shape index (κ1) is 20.3. The number of carbonyl (C=O) groups excluding carboxylic acids is 2. The van der Waals surface area contributed by atoms with E-state index in [1.54, 1.807) is 23.5 Å². The second-order valence-corrected chi connectivity index (χ2v) is 7.80. The van der Waals surface area contributed by atoms with Gasteiger partial charge in [-0.3, -0.25) is 0 Å². The van der Waals surface area contributed by atoms with E-state index in [2.05, 4.69) is 4.98 Å². The number of hydrogen-bond acceptors (Lipinski definition) is 8. The molecule has 0 atom stereocenters. The summed E-state index contributed by atoms with van der Waals surface area (Å²) in [4.78, 5) is 30.7. The lowest BCUT2D eigenvalue weighted by molar-refractivity contribution is -0.140. The predicted molar refractivity (Wildman–Crippen MR) is 114 cm³/mol. The van der Waals surface area contributed by atoms with Gasteiger partial charge in [0.05, 0.1) is 41.6 Å². The smallest absolute Gasteiger partial charge is 0.355 e. The van der Waals surface area contributed by atoms with E-state index in [1.165, 1.54) is 19.1 Å². The molecule has 2 heterocycles. The van der Waals surface area contributed by atoms with E-state index >= 15 is 0 Å². The van der Waals surface area contributed by atoms with Crippen molar-refractivity contribution >= 4 is 50.8 Å². The second kappa shape index (κ2) is 8.43. The SMILES string of the molecule is COC(=O)C1=C(C(=O)OC)N(c2ccc(-c3nc4ccccc4s3)c(Cl)c2)COC1. The molecule has 0 saturated heterocycles. The normalized spacial score (nSPS) is 14.2. The second-order valence-electron chi connectivity index (χ2n) is 6.37. The van der Waals surface area contributed by atoms with Crippen molar-refractivity contribution in [3.63, 3.8) is 0 Å². The molecule has 7 nitrogen and oxygen atoms in total. The van der Waals surface area contributed by atoms with Gasteiger partial charge in [-0.05, 0) is 30.3 Å². The summed E-state index contributed by atoms with van der Waals surface area (Å²) in [6, 6.07) is 13.2. The topological polar surface area (TPSA) is 78.0 Å². The largest absolute Gasteiger partial charge is 0.466 e. The first-order valence-electron chi connectivity index (χ1n) is 8.94. The molecule has 0 radical (unpaired) electrons. The molecule has 0 saturated carbocycles. The number of hydrogen-bond donors (Lipinski definition) is 0. The summed E-state index contributed by atoms with van der Waals surface area (Å²) >= 11 is 8.12. The van der Waals surface area contributed by atoms with Crippen LogP contribution in [0.4, 0.5) is 5.69 Å². The molecule has 0 aliphatic carbocycles. The minimum atomic E-state index is -0.662. The molecule has 0 fully saturated rings. The van der Waals surface area contributed by atoms with E-state index in [4.69, 9.17) is 25.8 Å². The fourth-order valence-corrected chi connectivity index (χ4v) is 4.51. The zero-order valence-corrected chi connectivity index (χ0v) is 17.7. The van der Waals surface area contributed by atoms with Gasteiger partial charge in [0.25, 0.3) is 0 Å². The zero-order valence-electron chi connectivity index (χ0n) is 16.2. The first-order valence-corrected chi connectivity index (χ1v) is 10.1. The van der Waals surface area contributed by atoms with Crippen molar-refractivity contribution in [3.05, 3.63) is 58.8 Å². The molecule has 0 spiro atoms. The fourth-order valence-electron chi connectivity index (χ4n) is 3.18. The first-order chi connectivity index (χ1) is 14.5. The summed E-state index contributed by atoms with van der Waals surface area (Å²) in [5.41, 5.74) is 2.41. The number of methoxy groups -OCH3 is 2. The monoisotopic (exact) mass is 444 g/mol. The van der Waals surface area contributed by atoms with E-state index in [1.807, 2.05) is 30.3 Å². The van der Waals surface area contributed by atoms with E-state index in [9.17, 15) is 9.59 Å². The molecule has 1 aliphatic rings. The summed E-state index contributed by atoms with van der Waals surface area (Å²) in [7, 11) is 2.49. The lowest BCUT2D eigenvalue weighted by Gasteiger charge is -2.31. The molecule has 2 aromatic carbocycles. The lowest BCUT2D eigenvalue weighted by atomic mass is 10.1. The van der Waals surface area contributed by atoms with Crippen LogP contribution in [-0.2, 0) is 23.8 Å². The van der Waals surface area contributed by atoms with Gasteiger partial charge in [-0.15, -0.1) is 11.3 Å². The predicted octanol–water partition coefficient (Wildman–Crippen LogP) is 4.01. The molecule has 0 amide bonds. The maximum Gasteiger partial charge on any atom is 0.355 e. The number of benzene rings is 2. The van der Waals surface area contributed by atoms with Crippen LogP contribution in [0.2, 0.25) is 5.02 Å². The van der Waals surface area contributed by atoms with Crippen LogP contribution in [0.1, 0.15) is 0 Å². The third-order valence-electron chi connectivity index (χ3n) is 4.62. The highest BCUT2D eigenvalue weighted by atomic mass is 35.5. The number of aromatic nitrogens is 1. The number of fused-ring (bicyclic) bond motifs is 1. The Morgan fingerprint density at radius 2 is 1.90 bits per heavy atom. The van der Waals surface area contributed by atoms with Crippen LogP contribution in [0.3, 0.4) is 0 Å². The quantitative estimate of drug-likeness (QED) is 0.562. The van der Waals surface area contributed by atoms with E-state index < -0.39 is 11.9 Å². The molecule has 0 N–H and O–H groups in total. The average Bonchev–Trinajstić information content (AvgIpc) is 3.21. The van der Waals surface area contributed by atoms with E-state index in [-0.39, 0.29) is 24.6 Å². The lowest BCUT2D eigenvalue weighted by Crippen LogP contribution is -2.38. The van der Waals surface area contributed by atoms with Gasteiger partial charge in [-0.25, -0.2) is 14.6 Å². The third kappa shape index (κ3) is 3.65. The van der Waals surface area contributed by atoms with Gasteiger partial charge in [0.15, 0.2) is 0 Å². The Kier molecular flexibility index (Phi) is 5.72. The molecule has 1 aliphatic heterocycles. The van der Waals surface area contributed by atoms with Gasteiger partial charge in [-0.2, -0.15) is 0 Å². The fraction of sp³-hybridized carbons (Fsp3) is 0.190. The minimum absolute atomic E-state index is 0.0505. The van der Waals surface area contributed by atoms with Crippen molar-refractivity contribution < 1.29 is 23.8 Å². The molecule has 4 rings (SSSR count). The standard InChI is InChI=1S/C21H17ClN2O5S/c1-27-20(25)14-10-29-11-24(18(14)21(26)28-2)12-7-8-13(15(22)9-12)19-23-16-5-3-4-6-17(16)30-19/h3-9H,10-11H2,1-2H3. The summed E-state index contributed by atoms with van der Waals surface area (Å²) in [6.07, 6.45) is 0. The summed E-state index contributed by atoms with van der Waals surface area (Å²) < 4.78 is 16.2. The highest BCUT2D eigenvalue weighted by molar-refractivity contribution is 7.21. The molecule has 0 unspecified atom stereocenters. The number of esters is 2. The third-order valence-corrected chi connectivity index (χ3v) is 6.00. The molecule has 1 aromatic heterocycles. The Labute approximate surface area is 181 Å². The number of nitrogens with zero attached hydrogens (tertiary/aromatic N) is 2. The molecule has 3 aromatic rings. The number of halogens is 1. The van der Waals surface area contributed by atoms with Gasteiger partial charge in [0.2, 0.25) is 0 Å². The summed E-state index contributed by atoms with van der Waals surface area (Å²) in [6.45, 7) is 0.00681. The molecule has 0 bridgehead atoms. The van der Waals surface area contributed by atoms with Crippen LogP contribution in [0, 0.1) is 0 Å². The Balaban J connectivity index is 1.75. The van der Waals surface area contributed by atoms with E-state index in [0.717, 1.165) is 20.8 Å². The van der Waals surface area contributed by atoms with Crippen molar-refractivity contribution in [2.45, 2.75) is 0 Å². The van der Waals surface area contributed by atoms with Crippen LogP contribution in [0.15, 0.2) is 53.7 Å². The van der Waals surface area contributed by atoms with Crippen molar-refractivity contribution in [2.75, 3.05) is 32.5 Å². The van der Waals surface area contributed by atoms with Crippen molar-refractivity contribution in [1.29, 1.82) is 0 Å². The van der Waals surface area contributed by atoms with Crippen LogP contribution < -0.4 is 4.90 Å². The van der Waals surface area contributed by atoms with Crippen molar-refractivity contribution in [3.8, 4) is 10.6 Å². The van der Waals surface area contributed by atoms with Crippen LogP contribution in [0.5, 0.6) is 0 Å². The number of thiazole rings is 1.